The van der Waals surface area contributed by atoms with Gasteiger partial charge in [0.25, 0.3) is 5.56 Å². The first-order chi connectivity index (χ1) is 11.0. The lowest BCUT2D eigenvalue weighted by molar-refractivity contribution is -0.115. The molecule has 2 aromatic heterocycles. The third-order valence-electron chi connectivity index (χ3n) is 2.95. The highest BCUT2D eigenvalue weighted by atomic mass is 32.2. The van der Waals surface area contributed by atoms with Crippen LogP contribution in [0.4, 0.5) is 5.13 Å². The van der Waals surface area contributed by atoms with Crippen LogP contribution in [0.1, 0.15) is 37.4 Å². The summed E-state index contributed by atoms with van der Waals surface area (Å²) in [4.78, 5) is 30.4. The van der Waals surface area contributed by atoms with Crippen molar-refractivity contribution in [3.05, 3.63) is 27.1 Å². The third kappa shape index (κ3) is 5.43. The monoisotopic (exact) mass is 353 g/mol. The Balaban J connectivity index is 1.94. The summed E-state index contributed by atoms with van der Waals surface area (Å²) in [5.74, 6) is -0.197. The molecule has 0 unspecified atom stereocenters. The first-order valence-corrected chi connectivity index (χ1v) is 9.05. The van der Waals surface area contributed by atoms with Gasteiger partial charge in [0.1, 0.15) is 5.01 Å². The van der Waals surface area contributed by atoms with E-state index in [0.29, 0.717) is 16.0 Å². The van der Waals surface area contributed by atoms with Gasteiger partial charge in [-0.25, -0.2) is 4.98 Å². The Labute approximate surface area is 142 Å². The molecule has 0 radical (unpaired) electrons. The molecule has 0 saturated heterocycles. The number of unbranched alkanes of at least 4 members (excludes halogenated alkanes) is 1. The fraction of sp³-hybridized carbons (Fsp3) is 0.500. The second-order valence-electron chi connectivity index (χ2n) is 5.05. The van der Waals surface area contributed by atoms with Gasteiger partial charge >= 0.3 is 0 Å². The normalized spacial score (nSPS) is 12.1. The van der Waals surface area contributed by atoms with Gasteiger partial charge in [0.2, 0.25) is 11.0 Å². The van der Waals surface area contributed by atoms with E-state index in [2.05, 4.69) is 32.4 Å². The van der Waals surface area contributed by atoms with Gasteiger partial charge in [0, 0.05) is 18.2 Å². The molecule has 23 heavy (non-hydrogen) atoms. The zero-order valence-corrected chi connectivity index (χ0v) is 14.9. The Morgan fingerprint density at radius 3 is 2.96 bits per heavy atom. The SMILES string of the molecule is CCCCc1nnc(NC(=O)[C@H](C)Sc2nc(C)cc(=O)[nH]2)s1. The van der Waals surface area contributed by atoms with E-state index < -0.39 is 5.25 Å². The maximum Gasteiger partial charge on any atom is 0.251 e. The number of aromatic nitrogens is 4. The standard InChI is InChI=1S/C14H19N5O2S2/c1-4-5-6-11-18-19-14(23-11)17-12(21)9(3)22-13-15-8(2)7-10(20)16-13/h7,9H,4-6H2,1-3H3,(H,15,16,20)(H,17,19,21)/t9-/m0/s1. The average Bonchev–Trinajstić information content (AvgIpc) is 2.91. The van der Waals surface area contributed by atoms with Crippen molar-refractivity contribution in [2.45, 2.75) is 50.4 Å². The number of anilines is 1. The molecule has 2 N–H and O–H groups in total. The Hall–Kier alpha value is -1.74. The summed E-state index contributed by atoms with van der Waals surface area (Å²) >= 11 is 2.59. The van der Waals surface area contributed by atoms with Crippen LogP contribution in [0, 0.1) is 6.92 Å². The second kappa shape index (κ2) is 8.21. The van der Waals surface area contributed by atoms with Crippen LogP contribution in [0.2, 0.25) is 0 Å². The van der Waals surface area contributed by atoms with Crippen LogP contribution in [0.5, 0.6) is 0 Å². The van der Waals surface area contributed by atoms with E-state index in [1.54, 1.807) is 13.8 Å². The molecule has 0 fully saturated rings. The minimum Gasteiger partial charge on any atom is -0.301 e. The highest BCUT2D eigenvalue weighted by Crippen LogP contribution is 2.22. The maximum atomic E-state index is 12.2. The quantitative estimate of drug-likeness (QED) is 0.585. The van der Waals surface area contributed by atoms with E-state index in [1.807, 2.05) is 0 Å². The number of aromatic amines is 1. The number of rotatable bonds is 7. The van der Waals surface area contributed by atoms with Crippen LogP contribution >= 0.6 is 23.1 Å². The molecule has 1 amide bonds. The van der Waals surface area contributed by atoms with Crippen LogP contribution in [-0.2, 0) is 11.2 Å². The number of thioether (sulfide) groups is 1. The van der Waals surface area contributed by atoms with Crippen molar-refractivity contribution in [1.82, 2.24) is 20.2 Å². The van der Waals surface area contributed by atoms with Gasteiger partial charge in [-0.15, -0.1) is 10.2 Å². The summed E-state index contributed by atoms with van der Waals surface area (Å²) < 4.78 is 0. The Kier molecular flexibility index (Phi) is 6.28. The average molecular weight is 353 g/mol. The first kappa shape index (κ1) is 17.6. The fourth-order valence-electron chi connectivity index (χ4n) is 1.77. The van der Waals surface area contributed by atoms with E-state index in [-0.39, 0.29) is 11.5 Å². The highest BCUT2D eigenvalue weighted by molar-refractivity contribution is 8.00. The summed E-state index contributed by atoms with van der Waals surface area (Å²) in [7, 11) is 0. The molecule has 2 aromatic rings. The number of carbonyl (C=O) groups excluding carboxylic acids is 1. The maximum absolute atomic E-state index is 12.2. The Bertz CT molecular complexity index is 728. The van der Waals surface area contributed by atoms with Crippen LogP contribution in [0.3, 0.4) is 0 Å². The first-order valence-electron chi connectivity index (χ1n) is 7.35. The van der Waals surface area contributed by atoms with Crippen LogP contribution in [-0.4, -0.2) is 31.3 Å². The zero-order valence-electron chi connectivity index (χ0n) is 13.3. The van der Waals surface area contributed by atoms with E-state index >= 15 is 0 Å². The number of H-pyrrole nitrogens is 1. The van der Waals surface area contributed by atoms with Crippen molar-refractivity contribution >= 4 is 34.1 Å². The smallest absolute Gasteiger partial charge is 0.251 e. The van der Waals surface area contributed by atoms with Crippen LogP contribution in [0.25, 0.3) is 0 Å². The summed E-state index contributed by atoms with van der Waals surface area (Å²) in [6.07, 6.45) is 3.03. The van der Waals surface area contributed by atoms with E-state index in [4.69, 9.17) is 0 Å². The molecular weight excluding hydrogens is 334 g/mol. The molecule has 2 rings (SSSR count). The summed E-state index contributed by atoms with van der Waals surface area (Å²) in [6, 6.07) is 1.41. The van der Waals surface area contributed by atoms with Crippen molar-refractivity contribution in [2.75, 3.05) is 5.32 Å². The van der Waals surface area contributed by atoms with E-state index in [9.17, 15) is 9.59 Å². The predicted molar refractivity (Wildman–Crippen MR) is 92.1 cm³/mol. The fourth-order valence-corrected chi connectivity index (χ4v) is 3.41. The molecule has 0 aliphatic heterocycles. The highest BCUT2D eigenvalue weighted by Gasteiger charge is 2.18. The lowest BCUT2D eigenvalue weighted by atomic mass is 10.3. The summed E-state index contributed by atoms with van der Waals surface area (Å²) in [5, 5.41) is 12.2. The molecule has 0 aromatic carbocycles. The molecular formula is C14H19N5O2S2. The summed E-state index contributed by atoms with van der Waals surface area (Å²) in [5.41, 5.74) is 0.394. The third-order valence-corrected chi connectivity index (χ3v) is 4.83. The van der Waals surface area contributed by atoms with Gasteiger partial charge < -0.3 is 4.98 Å². The number of carbonyl (C=O) groups is 1. The van der Waals surface area contributed by atoms with Gasteiger partial charge in [-0.2, -0.15) is 0 Å². The molecule has 2 heterocycles. The van der Waals surface area contributed by atoms with Crippen LogP contribution < -0.4 is 10.9 Å². The lowest BCUT2D eigenvalue weighted by Gasteiger charge is -2.09. The van der Waals surface area contributed by atoms with Gasteiger partial charge in [-0.3, -0.25) is 14.9 Å². The van der Waals surface area contributed by atoms with Gasteiger partial charge in [0.15, 0.2) is 5.16 Å². The Morgan fingerprint density at radius 2 is 2.26 bits per heavy atom. The molecule has 0 aliphatic rings. The van der Waals surface area contributed by atoms with Crippen molar-refractivity contribution in [3.63, 3.8) is 0 Å². The van der Waals surface area contributed by atoms with Crippen molar-refractivity contribution in [1.29, 1.82) is 0 Å². The molecule has 0 spiro atoms. The molecule has 0 aliphatic carbocycles. The largest absolute Gasteiger partial charge is 0.301 e. The van der Waals surface area contributed by atoms with Gasteiger partial charge in [-0.1, -0.05) is 36.4 Å². The zero-order chi connectivity index (χ0) is 16.8. The van der Waals surface area contributed by atoms with Crippen molar-refractivity contribution < 1.29 is 4.79 Å². The lowest BCUT2D eigenvalue weighted by Crippen LogP contribution is -2.23. The molecule has 1 atom stereocenters. The molecule has 9 heteroatoms. The Morgan fingerprint density at radius 1 is 1.48 bits per heavy atom. The number of aryl methyl sites for hydroxylation is 2. The number of amides is 1. The predicted octanol–water partition coefficient (Wildman–Crippen LogP) is 2.39. The van der Waals surface area contributed by atoms with Crippen molar-refractivity contribution in [3.8, 4) is 0 Å². The van der Waals surface area contributed by atoms with Gasteiger partial charge in [0.05, 0.1) is 5.25 Å². The van der Waals surface area contributed by atoms with E-state index in [1.165, 1.54) is 29.2 Å². The van der Waals surface area contributed by atoms with Crippen LogP contribution in [0.15, 0.2) is 16.0 Å². The number of nitrogens with zero attached hydrogens (tertiary/aromatic N) is 3. The van der Waals surface area contributed by atoms with E-state index in [0.717, 1.165) is 24.3 Å². The van der Waals surface area contributed by atoms with Crippen molar-refractivity contribution in [2.24, 2.45) is 0 Å². The number of hydrogen-bond acceptors (Lipinski definition) is 7. The molecule has 0 saturated carbocycles. The number of nitrogens with one attached hydrogen (secondary N) is 2. The summed E-state index contributed by atoms with van der Waals surface area (Å²) in [6.45, 7) is 5.61. The molecule has 124 valence electrons. The second-order valence-corrected chi connectivity index (χ2v) is 7.44. The minimum atomic E-state index is -0.414. The molecule has 0 bridgehead atoms. The topological polar surface area (TPSA) is 101 Å². The number of hydrogen-bond donors (Lipinski definition) is 2. The van der Waals surface area contributed by atoms with Gasteiger partial charge in [-0.05, 0) is 20.3 Å². The molecule has 7 nitrogen and oxygen atoms in total. The minimum absolute atomic E-state index is 0.197.